The standard InChI is InChI=1S/C19H30N2O2/c1-22-18-5-2-4-17(12-18)14-21(15-19-6-3-11-23-19)13-16-7-9-20-10-8-16/h2,4-5,12,16,19-20H,3,6-11,13-15H2,1H3. The molecule has 2 aliphatic rings. The normalized spacial score (nSPS) is 22.6. The predicted octanol–water partition coefficient (Wildman–Crippen LogP) is 2.68. The van der Waals surface area contributed by atoms with Crippen molar-refractivity contribution in [2.45, 2.75) is 38.3 Å². The molecule has 0 saturated carbocycles. The molecule has 4 nitrogen and oxygen atoms in total. The van der Waals surface area contributed by atoms with Gasteiger partial charge in [-0.1, -0.05) is 12.1 Å². The smallest absolute Gasteiger partial charge is 0.119 e. The predicted molar refractivity (Wildman–Crippen MR) is 92.8 cm³/mol. The van der Waals surface area contributed by atoms with Crippen molar-refractivity contribution < 1.29 is 9.47 Å². The van der Waals surface area contributed by atoms with Gasteiger partial charge in [-0.25, -0.2) is 0 Å². The number of hydrogen-bond donors (Lipinski definition) is 1. The van der Waals surface area contributed by atoms with Crippen molar-refractivity contribution >= 4 is 0 Å². The number of rotatable bonds is 7. The molecular formula is C19H30N2O2. The van der Waals surface area contributed by atoms with Gasteiger partial charge in [0.05, 0.1) is 13.2 Å². The van der Waals surface area contributed by atoms with E-state index in [0.717, 1.165) is 44.5 Å². The van der Waals surface area contributed by atoms with Crippen LogP contribution in [0.15, 0.2) is 24.3 Å². The van der Waals surface area contributed by atoms with Crippen molar-refractivity contribution in [2.24, 2.45) is 5.92 Å². The van der Waals surface area contributed by atoms with Crippen molar-refractivity contribution in [1.29, 1.82) is 0 Å². The number of benzene rings is 1. The Bertz CT molecular complexity index is 468. The molecule has 2 heterocycles. The van der Waals surface area contributed by atoms with E-state index < -0.39 is 0 Å². The second-order valence-electron chi connectivity index (χ2n) is 6.87. The Hall–Kier alpha value is -1.10. The summed E-state index contributed by atoms with van der Waals surface area (Å²) in [4.78, 5) is 2.60. The maximum atomic E-state index is 5.88. The van der Waals surface area contributed by atoms with Crippen LogP contribution >= 0.6 is 0 Å². The van der Waals surface area contributed by atoms with E-state index in [1.807, 2.05) is 6.07 Å². The Morgan fingerprint density at radius 1 is 1.22 bits per heavy atom. The average Bonchev–Trinajstić information content (AvgIpc) is 3.09. The molecular weight excluding hydrogens is 288 g/mol. The van der Waals surface area contributed by atoms with Gasteiger partial charge in [-0.2, -0.15) is 0 Å². The van der Waals surface area contributed by atoms with Crippen LogP contribution in [0.4, 0.5) is 0 Å². The molecule has 1 atom stereocenters. The quantitative estimate of drug-likeness (QED) is 0.838. The minimum absolute atomic E-state index is 0.419. The highest BCUT2D eigenvalue weighted by Gasteiger charge is 2.22. The van der Waals surface area contributed by atoms with E-state index in [1.54, 1.807) is 7.11 Å². The lowest BCUT2D eigenvalue weighted by Crippen LogP contribution is -2.39. The molecule has 2 aliphatic heterocycles. The minimum atomic E-state index is 0.419. The summed E-state index contributed by atoms with van der Waals surface area (Å²) >= 11 is 0. The van der Waals surface area contributed by atoms with Gasteiger partial charge in [-0.15, -0.1) is 0 Å². The van der Waals surface area contributed by atoms with Gasteiger partial charge in [-0.3, -0.25) is 4.90 Å². The highest BCUT2D eigenvalue weighted by atomic mass is 16.5. The van der Waals surface area contributed by atoms with Gasteiger partial charge >= 0.3 is 0 Å². The Morgan fingerprint density at radius 3 is 2.83 bits per heavy atom. The summed E-state index contributed by atoms with van der Waals surface area (Å²) in [6, 6.07) is 8.46. The molecule has 3 rings (SSSR count). The maximum Gasteiger partial charge on any atom is 0.119 e. The van der Waals surface area contributed by atoms with E-state index in [9.17, 15) is 0 Å². The lowest BCUT2D eigenvalue weighted by Gasteiger charge is -2.31. The molecule has 2 fully saturated rings. The number of piperidine rings is 1. The summed E-state index contributed by atoms with van der Waals surface area (Å²) < 4.78 is 11.2. The topological polar surface area (TPSA) is 33.7 Å². The molecule has 1 N–H and O–H groups in total. The van der Waals surface area contributed by atoms with Crippen LogP contribution in [-0.4, -0.2) is 50.9 Å². The van der Waals surface area contributed by atoms with E-state index in [0.29, 0.717) is 6.10 Å². The second kappa shape index (κ2) is 8.67. The molecule has 1 aromatic carbocycles. The lowest BCUT2D eigenvalue weighted by atomic mass is 9.97. The van der Waals surface area contributed by atoms with E-state index in [-0.39, 0.29) is 0 Å². The van der Waals surface area contributed by atoms with Gasteiger partial charge in [0.2, 0.25) is 0 Å². The van der Waals surface area contributed by atoms with Gasteiger partial charge in [0.15, 0.2) is 0 Å². The van der Waals surface area contributed by atoms with Gasteiger partial charge in [0.25, 0.3) is 0 Å². The highest BCUT2D eigenvalue weighted by Crippen LogP contribution is 2.21. The Labute approximate surface area is 140 Å². The average molecular weight is 318 g/mol. The van der Waals surface area contributed by atoms with Gasteiger partial charge in [0.1, 0.15) is 5.75 Å². The number of nitrogens with zero attached hydrogens (tertiary/aromatic N) is 1. The fourth-order valence-corrected chi connectivity index (χ4v) is 3.74. The minimum Gasteiger partial charge on any atom is -0.497 e. The first-order valence-corrected chi connectivity index (χ1v) is 9.01. The maximum absolute atomic E-state index is 5.88. The molecule has 0 amide bonds. The molecule has 0 aliphatic carbocycles. The van der Waals surface area contributed by atoms with Crippen LogP contribution in [0.5, 0.6) is 5.75 Å². The molecule has 0 radical (unpaired) electrons. The van der Waals surface area contributed by atoms with Crippen LogP contribution < -0.4 is 10.1 Å². The van der Waals surface area contributed by atoms with E-state index in [2.05, 4.69) is 28.4 Å². The van der Waals surface area contributed by atoms with Crippen LogP contribution in [0.2, 0.25) is 0 Å². The van der Waals surface area contributed by atoms with Gasteiger partial charge < -0.3 is 14.8 Å². The molecule has 4 heteroatoms. The Balaban J connectivity index is 1.62. The zero-order valence-electron chi connectivity index (χ0n) is 14.3. The van der Waals surface area contributed by atoms with E-state index in [1.165, 1.54) is 37.8 Å². The van der Waals surface area contributed by atoms with Crippen LogP contribution in [0.1, 0.15) is 31.2 Å². The van der Waals surface area contributed by atoms with Crippen LogP contribution in [-0.2, 0) is 11.3 Å². The zero-order chi connectivity index (χ0) is 15.9. The van der Waals surface area contributed by atoms with Gasteiger partial charge in [-0.05, 0) is 62.4 Å². The van der Waals surface area contributed by atoms with E-state index >= 15 is 0 Å². The zero-order valence-corrected chi connectivity index (χ0v) is 14.3. The Kier molecular flexibility index (Phi) is 6.31. The van der Waals surface area contributed by atoms with Crippen molar-refractivity contribution in [2.75, 3.05) is 39.9 Å². The lowest BCUT2D eigenvalue weighted by molar-refractivity contribution is 0.0623. The number of nitrogens with one attached hydrogen (secondary N) is 1. The monoisotopic (exact) mass is 318 g/mol. The van der Waals surface area contributed by atoms with Crippen molar-refractivity contribution in [3.63, 3.8) is 0 Å². The number of hydrogen-bond acceptors (Lipinski definition) is 4. The molecule has 2 saturated heterocycles. The SMILES string of the molecule is COc1cccc(CN(CC2CCNCC2)CC2CCCO2)c1. The molecule has 1 unspecified atom stereocenters. The Morgan fingerprint density at radius 2 is 2.09 bits per heavy atom. The summed E-state index contributed by atoms with van der Waals surface area (Å²) in [6.07, 6.45) is 5.42. The third-order valence-electron chi connectivity index (χ3n) is 5.00. The summed E-state index contributed by atoms with van der Waals surface area (Å²) in [7, 11) is 1.73. The third-order valence-corrected chi connectivity index (χ3v) is 5.00. The third kappa shape index (κ3) is 5.20. The molecule has 0 spiro atoms. The molecule has 0 bridgehead atoms. The summed E-state index contributed by atoms with van der Waals surface area (Å²) in [5.41, 5.74) is 1.33. The number of methoxy groups -OCH3 is 1. The van der Waals surface area contributed by atoms with Crippen LogP contribution in [0.3, 0.4) is 0 Å². The van der Waals surface area contributed by atoms with Crippen molar-refractivity contribution in [3.8, 4) is 5.75 Å². The fraction of sp³-hybridized carbons (Fsp3) is 0.684. The van der Waals surface area contributed by atoms with Crippen LogP contribution in [0.25, 0.3) is 0 Å². The number of ether oxygens (including phenoxy) is 2. The highest BCUT2D eigenvalue weighted by molar-refractivity contribution is 5.28. The summed E-state index contributed by atoms with van der Waals surface area (Å²) in [5, 5.41) is 3.47. The molecule has 23 heavy (non-hydrogen) atoms. The molecule has 128 valence electrons. The molecule has 1 aromatic rings. The van der Waals surface area contributed by atoms with Crippen molar-refractivity contribution in [1.82, 2.24) is 10.2 Å². The van der Waals surface area contributed by atoms with Crippen molar-refractivity contribution in [3.05, 3.63) is 29.8 Å². The first kappa shape index (κ1) is 16.7. The summed E-state index contributed by atoms with van der Waals surface area (Å²) in [5.74, 6) is 1.75. The first-order chi connectivity index (χ1) is 11.3. The first-order valence-electron chi connectivity index (χ1n) is 9.01. The van der Waals surface area contributed by atoms with E-state index in [4.69, 9.17) is 9.47 Å². The largest absolute Gasteiger partial charge is 0.497 e. The molecule has 0 aromatic heterocycles. The summed E-state index contributed by atoms with van der Waals surface area (Å²) in [6.45, 7) is 6.49. The second-order valence-corrected chi connectivity index (χ2v) is 6.87. The fourth-order valence-electron chi connectivity index (χ4n) is 3.74. The van der Waals surface area contributed by atoms with Gasteiger partial charge in [0, 0.05) is 26.2 Å². The van der Waals surface area contributed by atoms with Crippen LogP contribution in [0, 0.1) is 5.92 Å².